The van der Waals surface area contributed by atoms with Gasteiger partial charge in [0.05, 0.1) is 11.5 Å². The van der Waals surface area contributed by atoms with Crippen molar-refractivity contribution >= 4 is 5.69 Å². The van der Waals surface area contributed by atoms with Crippen molar-refractivity contribution in [2.75, 3.05) is 6.79 Å². The zero-order chi connectivity index (χ0) is 20.1. The third-order valence-corrected chi connectivity index (χ3v) is 5.01. The van der Waals surface area contributed by atoms with Gasteiger partial charge in [0, 0.05) is 35.8 Å². The van der Waals surface area contributed by atoms with Gasteiger partial charge < -0.3 is 14.8 Å². The Kier molecular flexibility index (Phi) is 5.84. The number of non-ortho nitro benzene ring substituents is 1. The molecule has 0 aromatic heterocycles. The van der Waals surface area contributed by atoms with Crippen molar-refractivity contribution < 1.29 is 14.4 Å². The van der Waals surface area contributed by atoms with E-state index in [9.17, 15) is 10.1 Å². The van der Waals surface area contributed by atoms with Gasteiger partial charge in [0.15, 0.2) is 6.79 Å². The summed E-state index contributed by atoms with van der Waals surface area (Å²) in [5, 5.41) is 14.9. The van der Waals surface area contributed by atoms with E-state index >= 15 is 0 Å². The molecule has 1 atom stereocenters. The van der Waals surface area contributed by atoms with Gasteiger partial charge in [-0.05, 0) is 17.5 Å². The van der Waals surface area contributed by atoms with Crippen LogP contribution in [-0.2, 0) is 24.3 Å². The first kappa shape index (κ1) is 19.1. The molecule has 0 amide bonds. The third-order valence-electron chi connectivity index (χ3n) is 5.01. The molecule has 1 N–H and O–H groups in total. The molecule has 0 bridgehead atoms. The molecule has 1 aliphatic heterocycles. The average Bonchev–Trinajstić information content (AvgIpc) is 2.77. The largest absolute Gasteiger partial charge is 0.467 e. The van der Waals surface area contributed by atoms with Crippen LogP contribution in [0.3, 0.4) is 0 Å². The van der Waals surface area contributed by atoms with E-state index in [0.29, 0.717) is 24.5 Å². The summed E-state index contributed by atoms with van der Waals surface area (Å²) >= 11 is 0. The van der Waals surface area contributed by atoms with Crippen LogP contribution in [0.2, 0.25) is 0 Å². The van der Waals surface area contributed by atoms with Crippen LogP contribution in [0.4, 0.5) is 5.69 Å². The van der Waals surface area contributed by atoms with Crippen LogP contribution in [-0.4, -0.2) is 11.7 Å². The molecule has 6 nitrogen and oxygen atoms in total. The number of ether oxygens (including phenoxy) is 2. The molecule has 1 aliphatic rings. The van der Waals surface area contributed by atoms with Gasteiger partial charge in [-0.25, -0.2) is 0 Å². The molecule has 1 unspecified atom stereocenters. The van der Waals surface area contributed by atoms with Gasteiger partial charge in [-0.2, -0.15) is 0 Å². The Labute approximate surface area is 169 Å². The van der Waals surface area contributed by atoms with Crippen LogP contribution in [0.15, 0.2) is 72.8 Å². The van der Waals surface area contributed by atoms with Crippen LogP contribution < -0.4 is 10.1 Å². The monoisotopic (exact) mass is 390 g/mol. The summed E-state index contributed by atoms with van der Waals surface area (Å²) in [5.74, 6) is 0.681. The fourth-order valence-electron chi connectivity index (χ4n) is 3.59. The Morgan fingerprint density at radius 1 is 1.03 bits per heavy atom. The average molecular weight is 390 g/mol. The number of nitro benzene ring substituents is 1. The van der Waals surface area contributed by atoms with Crippen molar-refractivity contribution in [3.8, 4) is 5.75 Å². The maximum atomic E-state index is 11.3. The van der Waals surface area contributed by atoms with Crippen molar-refractivity contribution in [3.05, 3.63) is 105 Å². The minimum absolute atomic E-state index is 0.0500. The van der Waals surface area contributed by atoms with E-state index < -0.39 is 0 Å². The number of nitrogens with zero attached hydrogens (tertiary/aromatic N) is 1. The van der Waals surface area contributed by atoms with Gasteiger partial charge in [0.2, 0.25) is 0 Å². The Hall–Kier alpha value is -3.22. The predicted octanol–water partition coefficient (Wildman–Crippen LogP) is 4.53. The smallest absolute Gasteiger partial charge is 0.270 e. The molecular weight excluding hydrogens is 368 g/mol. The highest BCUT2D eigenvalue weighted by atomic mass is 16.7. The lowest BCUT2D eigenvalue weighted by molar-refractivity contribution is -0.385. The van der Waals surface area contributed by atoms with E-state index in [1.165, 1.54) is 17.2 Å². The second-order valence-electron chi connectivity index (χ2n) is 6.99. The van der Waals surface area contributed by atoms with Crippen LogP contribution in [0.5, 0.6) is 5.75 Å². The minimum Gasteiger partial charge on any atom is -0.467 e. The maximum Gasteiger partial charge on any atom is 0.270 e. The minimum atomic E-state index is -0.378. The van der Waals surface area contributed by atoms with Gasteiger partial charge >= 0.3 is 0 Å². The molecule has 0 saturated heterocycles. The SMILES string of the molecule is O=[N+]([O-])c1cc(CNC(Cc2ccccc2)c2ccccc2)c2c(c1)COCO2. The molecule has 148 valence electrons. The molecule has 1 heterocycles. The summed E-state index contributed by atoms with van der Waals surface area (Å²) in [6.07, 6.45) is 0.811. The first-order valence-electron chi connectivity index (χ1n) is 9.53. The van der Waals surface area contributed by atoms with E-state index in [1.807, 2.05) is 36.4 Å². The maximum absolute atomic E-state index is 11.3. The highest BCUT2D eigenvalue weighted by Crippen LogP contribution is 2.33. The summed E-state index contributed by atoms with van der Waals surface area (Å²) in [6.45, 7) is 0.927. The number of nitrogens with one attached hydrogen (secondary N) is 1. The molecule has 4 rings (SSSR count). The zero-order valence-corrected chi connectivity index (χ0v) is 15.9. The molecule has 6 heteroatoms. The fourth-order valence-corrected chi connectivity index (χ4v) is 3.59. The Bertz CT molecular complexity index is 977. The highest BCUT2D eigenvalue weighted by Gasteiger charge is 2.22. The van der Waals surface area contributed by atoms with E-state index in [1.54, 1.807) is 6.07 Å². The Balaban J connectivity index is 1.60. The molecule has 0 spiro atoms. The second-order valence-corrected chi connectivity index (χ2v) is 6.99. The van der Waals surface area contributed by atoms with Gasteiger partial charge in [0.1, 0.15) is 5.75 Å². The van der Waals surface area contributed by atoms with Crippen LogP contribution >= 0.6 is 0 Å². The number of nitro groups is 1. The Morgan fingerprint density at radius 3 is 2.48 bits per heavy atom. The van der Waals surface area contributed by atoms with Crippen LogP contribution in [0.25, 0.3) is 0 Å². The van der Waals surface area contributed by atoms with Crippen molar-refractivity contribution in [2.24, 2.45) is 0 Å². The standard InChI is InChI=1S/C23H22N2O4/c26-25(27)21-12-19(23-20(13-21)15-28-16-29-23)14-24-22(18-9-5-2-6-10-18)11-17-7-3-1-4-8-17/h1-10,12-13,22,24H,11,14-16H2. The van der Waals surface area contributed by atoms with E-state index in [4.69, 9.17) is 9.47 Å². The second kappa shape index (κ2) is 8.86. The lowest BCUT2D eigenvalue weighted by Crippen LogP contribution is -2.24. The topological polar surface area (TPSA) is 73.6 Å². The normalized spacial score (nSPS) is 13.9. The lowest BCUT2D eigenvalue weighted by atomic mass is 9.98. The quantitative estimate of drug-likeness (QED) is 0.474. The molecule has 0 saturated carbocycles. The van der Waals surface area contributed by atoms with E-state index in [2.05, 4.69) is 29.6 Å². The summed E-state index contributed by atoms with van der Waals surface area (Å²) < 4.78 is 11.0. The van der Waals surface area contributed by atoms with Gasteiger partial charge in [0.25, 0.3) is 5.69 Å². The molecule has 29 heavy (non-hydrogen) atoms. The van der Waals surface area contributed by atoms with Crippen molar-refractivity contribution in [1.82, 2.24) is 5.32 Å². The number of benzene rings is 3. The zero-order valence-electron chi connectivity index (χ0n) is 15.9. The van der Waals surface area contributed by atoms with Gasteiger partial charge in [-0.15, -0.1) is 0 Å². The highest BCUT2D eigenvalue weighted by molar-refractivity contribution is 5.50. The van der Waals surface area contributed by atoms with Crippen molar-refractivity contribution in [1.29, 1.82) is 0 Å². The summed E-state index contributed by atoms with van der Waals surface area (Å²) in [4.78, 5) is 11.0. The Morgan fingerprint density at radius 2 is 1.76 bits per heavy atom. The van der Waals surface area contributed by atoms with Gasteiger partial charge in [-0.3, -0.25) is 10.1 Å². The van der Waals surface area contributed by atoms with E-state index in [0.717, 1.165) is 12.0 Å². The summed E-state index contributed by atoms with van der Waals surface area (Å²) in [5.41, 5.74) is 3.92. The molecule has 0 radical (unpaired) electrons. The molecule has 3 aromatic rings. The summed E-state index contributed by atoms with van der Waals surface area (Å²) in [7, 11) is 0. The van der Waals surface area contributed by atoms with Crippen LogP contribution in [0, 0.1) is 10.1 Å². The molecular formula is C23H22N2O4. The first-order chi connectivity index (χ1) is 14.2. The first-order valence-corrected chi connectivity index (χ1v) is 9.53. The predicted molar refractivity (Wildman–Crippen MR) is 110 cm³/mol. The van der Waals surface area contributed by atoms with Crippen molar-refractivity contribution in [3.63, 3.8) is 0 Å². The van der Waals surface area contributed by atoms with E-state index in [-0.39, 0.29) is 23.4 Å². The molecule has 3 aromatic carbocycles. The number of fused-ring (bicyclic) bond motifs is 1. The lowest BCUT2D eigenvalue weighted by Gasteiger charge is -2.23. The third kappa shape index (κ3) is 4.62. The number of rotatable bonds is 7. The number of hydrogen-bond acceptors (Lipinski definition) is 5. The van der Waals surface area contributed by atoms with Crippen LogP contribution in [0.1, 0.15) is 28.3 Å². The molecule has 0 fully saturated rings. The van der Waals surface area contributed by atoms with Crippen molar-refractivity contribution in [2.45, 2.75) is 25.6 Å². The van der Waals surface area contributed by atoms with Gasteiger partial charge in [-0.1, -0.05) is 60.7 Å². The molecule has 0 aliphatic carbocycles. The number of hydrogen-bond donors (Lipinski definition) is 1. The fraction of sp³-hybridized carbons (Fsp3) is 0.217. The summed E-state index contributed by atoms with van der Waals surface area (Å²) in [6, 6.07) is 23.7.